The summed E-state index contributed by atoms with van der Waals surface area (Å²) in [6, 6.07) is 8.81. The molecule has 2 N–H and O–H groups in total. The number of aromatic nitrogens is 3. The molecule has 1 aliphatic carbocycles. The van der Waals surface area contributed by atoms with E-state index in [1.165, 1.54) is 4.40 Å². The smallest absolute Gasteiger partial charge is 0.368 e. The van der Waals surface area contributed by atoms with Crippen LogP contribution in [-0.2, 0) is 12.6 Å². The molecule has 0 bridgehead atoms. The van der Waals surface area contributed by atoms with Crippen molar-refractivity contribution in [3.8, 4) is 0 Å². The van der Waals surface area contributed by atoms with Crippen LogP contribution in [0.3, 0.4) is 0 Å². The summed E-state index contributed by atoms with van der Waals surface area (Å²) in [5, 5.41) is 6.40. The Morgan fingerprint density at radius 3 is 2.52 bits per heavy atom. The van der Waals surface area contributed by atoms with E-state index in [1.807, 2.05) is 13.0 Å². The number of anilines is 1. The van der Waals surface area contributed by atoms with Crippen LogP contribution in [0.5, 0.6) is 0 Å². The third-order valence-corrected chi connectivity index (χ3v) is 5.65. The van der Waals surface area contributed by atoms with E-state index in [1.54, 1.807) is 30.5 Å². The maximum absolute atomic E-state index is 13.0. The monoisotopic (exact) mass is 431 g/mol. The number of alkyl halides is 3. The average molecular weight is 431 g/mol. The number of hydrogen-bond acceptors (Lipinski definition) is 4. The van der Waals surface area contributed by atoms with Crippen LogP contribution in [0, 0.1) is 0 Å². The van der Waals surface area contributed by atoms with Crippen LogP contribution in [0.1, 0.15) is 54.4 Å². The van der Waals surface area contributed by atoms with E-state index in [0.717, 1.165) is 44.0 Å². The number of nitrogens with one attached hydrogen (secondary N) is 2. The summed E-state index contributed by atoms with van der Waals surface area (Å²) < 4.78 is 40.4. The molecule has 0 unspecified atom stereocenters. The standard InChI is InChI=1S/C22H24F3N5O/c1-2-15-7-6-14(12-26-15)21(31)28-17-10-8-16(9-11-17)27-19-4-3-5-20-29-18(13-30(19)20)22(23,24)25/h3-7,12-13,16-17,27H,2,8-11H2,1H3,(H,28,31). The molecule has 0 aliphatic heterocycles. The van der Waals surface area contributed by atoms with Crippen molar-refractivity contribution in [1.29, 1.82) is 0 Å². The minimum absolute atomic E-state index is 0.0669. The normalized spacial score (nSPS) is 19.4. The maximum atomic E-state index is 13.0. The number of pyridine rings is 2. The second-order valence-electron chi connectivity index (χ2n) is 7.82. The maximum Gasteiger partial charge on any atom is 0.434 e. The highest BCUT2D eigenvalue weighted by molar-refractivity contribution is 5.94. The zero-order valence-corrected chi connectivity index (χ0v) is 17.1. The fraction of sp³-hybridized carbons (Fsp3) is 0.409. The number of amides is 1. The van der Waals surface area contributed by atoms with Crippen LogP contribution in [0.25, 0.3) is 5.65 Å². The minimum atomic E-state index is -4.48. The fourth-order valence-electron chi connectivity index (χ4n) is 3.89. The molecule has 3 aromatic heterocycles. The molecule has 0 atom stereocenters. The Morgan fingerprint density at radius 2 is 1.87 bits per heavy atom. The van der Waals surface area contributed by atoms with Crippen LogP contribution < -0.4 is 10.6 Å². The van der Waals surface area contributed by atoms with Gasteiger partial charge in [0.2, 0.25) is 0 Å². The lowest BCUT2D eigenvalue weighted by Gasteiger charge is -2.30. The highest BCUT2D eigenvalue weighted by Crippen LogP contribution is 2.30. The van der Waals surface area contributed by atoms with Gasteiger partial charge < -0.3 is 10.6 Å². The molecule has 0 radical (unpaired) electrons. The van der Waals surface area contributed by atoms with Crippen LogP contribution in [-0.4, -0.2) is 32.4 Å². The van der Waals surface area contributed by atoms with E-state index in [-0.39, 0.29) is 23.6 Å². The van der Waals surface area contributed by atoms with Crippen molar-refractivity contribution in [3.05, 3.63) is 59.7 Å². The van der Waals surface area contributed by atoms with Crippen molar-refractivity contribution in [1.82, 2.24) is 19.7 Å². The van der Waals surface area contributed by atoms with Crippen LogP contribution in [0.4, 0.5) is 19.0 Å². The van der Waals surface area contributed by atoms with Gasteiger partial charge in [0.1, 0.15) is 11.5 Å². The first-order chi connectivity index (χ1) is 14.8. The highest BCUT2D eigenvalue weighted by Gasteiger charge is 2.34. The number of rotatable bonds is 5. The van der Waals surface area contributed by atoms with Crippen LogP contribution in [0.15, 0.2) is 42.7 Å². The van der Waals surface area contributed by atoms with Gasteiger partial charge in [-0.3, -0.25) is 14.2 Å². The van der Waals surface area contributed by atoms with E-state index >= 15 is 0 Å². The third kappa shape index (κ3) is 4.81. The summed E-state index contributed by atoms with van der Waals surface area (Å²) in [6.07, 6.45) is 2.14. The van der Waals surface area contributed by atoms with Gasteiger partial charge in [0, 0.05) is 30.2 Å². The molecule has 0 spiro atoms. The highest BCUT2D eigenvalue weighted by atomic mass is 19.4. The fourth-order valence-corrected chi connectivity index (χ4v) is 3.89. The van der Waals surface area contributed by atoms with Gasteiger partial charge in [-0.1, -0.05) is 13.0 Å². The molecule has 0 saturated heterocycles. The zero-order valence-electron chi connectivity index (χ0n) is 17.1. The van der Waals surface area contributed by atoms with Gasteiger partial charge in [0.05, 0.1) is 5.56 Å². The molecule has 1 amide bonds. The van der Waals surface area contributed by atoms with E-state index in [9.17, 15) is 18.0 Å². The number of nitrogens with zero attached hydrogens (tertiary/aromatic N) is 3. The molecule has 4 rings (SSSR count). The molecule has 1 fully saturated rings. The SMILES string of the molecule is CCc1ccc(C(=O)NC2CCC(Nc3cccc4nc(C(F)(F)F)cn34)CC2)cn1. The molecule has 3 aromatic rings. The first-order valence-electron chi connectivity index (χ1n) is 10.4. The first-order valence-corrected chi connectivity index (χ1v) is 10.4. The van der Waals surface area contributed by atoms with Gasteiger partial charge in [-0.2, -0.15) is 13.2 Å². The molecule has 0 aromatic carbocycles. The first kappa shape index (κ1) is 21.1. The number of hydrogen-bond donors (Lipinski definition) is 2. The van der Waals surface area contributed by atoms with Crippen LogP contribution in [0.2, 0.25) is 0 Å². The molecule has 31 heavy (non-hydrogen) atoms. The lowest BCUT2D eigenvalue weighted by Crippen LogP contribution is -2.40. The lowest BCUT2D eigenvalue weighted by molar-refractivity contribution is -0.140. The van der Waals surface area contributed by atoms with Crippen molar-refractivity contribution in [2.24, 2.45) is 0 Å². The number of fused-ring (bicyclic) bond motifs is 1. The van der Waals surface area contributed by atoms with Crippen LogP contribution >= 0.6 is 0 Å². The second kappa shape index (κ2) is 8.56. The molecular weight excluding hydrogens is 407 g/mol. The predicted molar refractivity (Wildman–Crippen MR) is 111 cm³/mol. The summed E-state index contributed by atoms with van der Waals surface area (Å²) in [4.78, 5) is 20.4. The summed E-state index contributed by atoms with van der Waals surface area (Å²) in [5.74, 6) is 0.449. The molecule has 1 saturated carbocycles. The summed E-state index contributed by atoms with van der Waals surface area (Å²) in [6.45, 7) is 2.01. The molecular formula is C22H24F3N5O. The Labute approximate surface area is 177 Å². The quantitative estimate of drug-likeness (QED) is 0.626. The van der Waals surface area contributed by atoms with Gasteiger partial charge in [-0.05, 0) is 56.4 Å². The van der Waals surface area contributed by atoms with Gasteiger partial charge >= 0.3 is 6.18 Å². The van der Waals surface area contributed by atoms with Crippen molar-refractivity contribution in [2.45, 2.75) is 57.3 Å². The largest absolute Gasteiger partial charge is 0.434 e. The average Bonchev–Trinajstić information content (AvgIpc) is 3.21. The number of halogens is 3. The Kier molecular flexibility index (Phi) is 5.84. The molecule has 164 valence electrons. The van der Waals surface area contributed by atoms with Gasteiger partial charge in [-0.25, -0.2) is 4.98 Å². The van der Waals surface area contributed by atoms with E-state index in [4.69, 9.17) is 0 Å². The van der Waals surface area contributed by atoms with Gasteiger partial charge in [0.15, 0.2) is 5.69 Å². The van der Waals surface area contributed by atoms with E-state index in [2.05, 4.69) is 20.6 Å². The zero-order chi connectivity index (χ0) is 22.0. The molecule has 9 heteroatoms. The second-order valence-corrected chi connectivity index (χ2v) is 7.82. The molecule has 6 nitrogen and oxygen atoms in total. The lowest BCUT2D eigenvalue weighted by atomic mass is 9.91. The minimum Gasteiger partial charge on any atom is -0.368 e. The Balaban J connectivity index is 1.35. The Hall–Kier alpha value is -3.10. The predicted octanol–water partition coefficient (Wildman–Crippen LogP) is 4.46. The topological polar surface area (TPSA) is 71.3 Å². The summed E-state index contributed by atoms with van der Waals surface area (Å²) >= 11 is 0. The van der Waals surface area contributed by atoms with Gasteiger partial charge in [-0.15, -0.1) is 0 Å². The van der Waals surface area contributed by atoms with Gasteiger partial charge in [0.25, 0.3) is 5.91 Å². The number of carbonyl (C=O) groups excluding carboxylic acids is 1. The van der Waals surface area contributed by atoms with Crippen molar-refractivity contribution in [2.75, 3.05) is 5.32 Å². The number of aryl methyl sites for hydroxylation is 1. The summed E-state index contributed by atoms with van der Waals surface area (Å²) in [5.41, 5.74) is 0.832. The van der Waals surface area contributed by atoms with Crippen molar-refractivity contribution < 1.29 is 18.0 Å². The van der Waals surface area contributed by atoms with E-state index in [0.29, 0.717) is 11.4 Å². The summed E-state index contributed by atoms with van der Waals surface area (Å²) in [7, 11) is 0. The van der Waals surface area contributed by atoms with Crippen molar-refractivity contribution in [3.63, 3.8) is 0 Å². The van der Waals surface area contributed by atoms with Crippen molar-refractivity contribution >= 4 is 17.4 Å². The molecule has 3 heterocycles. The van der Waals surface area contributed by atoms with E-state index < -0.39 is 11.9 Å². The molecule has 1 aliphatic rings. The Bertz CT molecular complexity index is 1050. The number of carbonyl (C=O) groups is 1. The third-order valence-electron chi connectivity index (χ3n) is 5.65. The number of imidazole rings is 1. The Morgan fingerprint density at radius 1 is 1.13 bits per heavy atom.